The second-order valence-electron chi connectivity index (χ2n) is 4.98. The third kappa shape index (κ3) is 2.85. The lowest BCUT2D eigenvalue weighted by Gasteiger charge is -2.20. The van der Waals surface area contributed by atoms with Crippen LogP contribution in [0.5, 0.6) is 0 Å². The van der Waals surface area contributed by atoms with Gasteiger partial charge in [-0.2, -0.15) is 0 Å². The van der Waals surface area contributed by atoms with Gasteiger partial charge in [-0.1, -0.05) is 24.3 Å². The van der Waals surface area contributed by atoms with Crippen LogP contribution in [-0.4, -0.2) is 15.5 Å². The fourth-order valence-corrected chi connectivity index (χ4v) is 1.91. The van der Waals surface area contributed by atoms with E-state index in [2.05, 4.69) is 9.97 Å². The van der Waals surface area contributed by atoms with Gasteiger partial charge in [0.2, 0.25) is 0 Å². The minimum Gasteiger partial charge on any atom is -0.325 e. The van der Waals surface area contributed by atoms with Crippen molar-refractivity contribution < 1.29 is 0 Å². The van der Waals surface area contributed by atoms with Gasteiger partial charge in [-0.15, -0.1) is 0 Å². The highest BCUT2D eigenvalue weighted by atomic mass is 16.1. The van der Waals surface area contributed by atoms with Gasteiger partial charge < -0.3 is 15.7 Å². The van der Waals surface area contributed by atoms with Crippen LogP contribution >= 0.6 is 0 Å². The number of hydrogen-bond acceptors (Lipinski definition) is 2. The molecule has 0 amide bonds. The van der Waals surface area contributed by atoms with Crippen LogP contribution in [0, 0.1) is 0 Å². The second-order valence-corrected chi connectivity index (χ2v) is 4.98. The van der Waals surface area contributed by atoms with Gasteiger partial charge in [0.05, 0.1) is 5.69 Å². The molecule has 4 nitrogen and oxygen atoms in total. The Labute approximate surface area is 99.9 Å². The predicted molar refractivity (Wildman–Crippen MR) is 68.8 cm³/mol. The Hall–Kier alpha value is -1.81. The summed E-state index contributed by atoms with van der Waals surface area (Å²) in [6.45, 7) is 3.98. The molecule has 17 heavy (non-hydrogen) atoms. The fourth-order valence-electron chi connectivity index (χ4n) is 1.91. The van der Waals surface area contributed by atoms with E-state index in [0.29, 0.717) is 0 Å². The van der Waals surface area contributed by atoms with E-state index >= 15 is 0 Å². The molecule has 0 aliphatic rings. The molecule has 0 aliphatic heterocycles. The number of hydrogen-bond donors (Lipinski definition) is 3. The van der Waals surface area contributed by atoms with Gasteiger partial charge in [-0.05, 0) is 25.8 Å². The van der Waals surface area contributed by atoms with Crippen LogP contribution in [-0.2, 0) is 6.42 Å². The van der Waals surface area contributed by atoms with E-state index in [4.69, 9.17) is 5.73 Å². The molecule has 0 saturated heterocycles. The van der Waals surface area contributed by atoms with Crippen molar-refractivity contribution in [2.24, 2.45) is 5.73 Å². The van der Waals surface area contributed by atoms with Crippen molar-refractivity contribution in [1.29, 1.82) is 0 Å². The average Bonchev–Trinajstić information content (AvgIpc) is 2.63. The van der Waals surface area contributed by atoms with Gasteiger partial charge in [0.25, 0.3) is 0 Å². The zero-order valence-corrected chi connectivity index (χ0v) is 10.1. The number of imidazole rings is 1. The van der Waals surface area contributed by atoms with Crippen molar-refractivity contribution in [2.75, 3.05) is 0 Å². The molecule has 0 bridgehead atoms. The van der Waals surface area contributed by atoms with Gasteiger partial charge in [0.15, 0.2) is 0 Å². The van der Waals surface area contributed by atoms with Gasteiger partial charge in [-0.25, -0.2) is 4.79 Å². The summed E-state index contributed by atoms with van der Waals surface area (Å²) in [7, 11) is 0. The van der Waals surface area contributed by atoms with Crippen LogP contribution < -0.4 is 11.4 Å². The first-order chi connectivity index (χ1) is 7.96. The van der Waals surface area contributed by atoms with Crippen molar-refractivity contribution in [3.8, 4) is 11.3 Å². The maximum atomic E-state index is 11.1. The monoisotopic (exact) mass is 231 g/mol. The number of benzene rings is 1. The lowest BCUT2D eigenvalue weighted by Crippen LogP contribution is -2.34. The molecule has 0 aliphatic carbocycles. The summed E-state index contributed by atoms with van der Waals surface area (Å²) in [5.74, 6) is 0. The van der Waals surface area contributed by atoms with Crippen molar-refractivity contribution in [1.82, 2.24) is 9.97 Å². The molecule has 90 valence electrons. The van der Waals surface area contributed by atoms with E-state index in [0.717, 1.165) is 23.2 Å². The molecule has 0 fully saturated rings. The Morgan fingerprint density at radius 3 is 2.59 bits per heavy atom. The minimum atomic E-state index is -0.271. The smallest absolute Gasteiger partial charge is 0.323 e. The van der Waals surface area contributed by atoms with Crippen LogP contribution in [0.2, 0.25) is 0 Å². The Morgan fingerprint density at radius 1 is 1.29 bits per heavy atom. The molecule has 1 heterocycles. The van der Waals surface area contributed by atoms with Crippen molar-refractivity contribution in [2.45, 2.75) is 25.8 Å². The summed E-state index contributed by atoms with van der Waals surface area (Å²) in [6.07, 6.45) is 2.45. The van der Waals surface area contributed by atoms with Crippen molar-refractivity contribution in [3.63, 3.8) is 0 Å². The van der Waals surface area contributed by atoms with Crippen LogP contribution in [0.4, 0.5) is 0 Å². The highest BCUT2D eigenvalue weighted by molar-refractivity contribution is 5.63. The largest absolute Gasteiger partial charge is 0.325 e. The number of nitrogens with one attached hydrogen (secondary N) is 2. The SMILES string of the molecule is CC(C)(N)Cc1ccccc1-c1c[nH]c(=O)[nH]1. The third-order valence-electron chi connectivity index (χ3n) is 2.55. The molecule has 2 aromatic rings. The Balaban J connectivity index is 2.44. The molecule has 4 N–H and O–H groups in total. The zero-order valence-electron chi connectivity index (χ0n) is 10.1. The van der Waals surface area contributed by atoms with Crippen molar-refractivity contribution >= 4 is 0 Å². The molecule has 0 saturated carbocycles. The van der Waals surface area contributed by atoms with E-state index in [1.54, 1.807) is 6.20 Å². The molecule has 1 aromatic carbocycles. The predicted octanol–water partition coefficient (Wildman–Crippen LogP) is 1.65. The first-order valence-electron chi connectivity index (χ1n) is 5.60. The summed E-state index contributed by atoms with van der Waals surface area (Å²) in [5.41, 5.74) is 8.53. The number of aromatic nitrogens is 2. The maximum absolute atomic E-state index is 11.1. The highest BCUT2D eigenvalue weighted by Crippen LogP contribution is 2.23. The Morgan fingerprint density at radius 2 is 2.00 bits per heavy atom. The van der Waals surface area contributed by atoms with E-state index in [1.165, 1.54) is 0 Å². The molecular formula is C13H17N3O. The normalized spacial score (nSPS) is 11.7. The third-order valence-corrected chi connectivity index (χ3v) is 2.55. The summed E-state index contributed by atoms with van der Waals surface area (Å²) in [6, 6.07) is 7.96. The molecule has 4 heteroatoms. The fraction of sp³-hybridized carbons (Fsp3) is 0.308. The second kappa shape index (κ2) is 4.22. The number of aromatic amines is 2. The number of H-pyrrole nitrogens is 2. The summed E-state index contributed by atoms with van der Waals surface area (Å²) < 4.78 is 0. The van der Waals surface area contributed by atoms with Crippen molar-refractivity contribution in [3.05, 3.63) is 46.5 Å². The lowest BCUT2D eigenvalue weighted by atomic mass is 9.92. The van der Waals surface area contributed by atoms with E-state index in [9.17, 15) is 4.79 Å². The topological polar surface area (TPSA) is 74.7 Å². The van der Waals surface area contributed by atoms with E-state index in [-0.39, 0.29) is 11.2 Å². The Kier molecular flexibility index (Phi) is 2.90. The number of rotatable bonds is 3. The first kappa shape index (κ1) is 11.7. The lowest BCUT2D eigenvalue weighted by molar-refractivity contribution is 0.517. The quantitative estimate of drug-likeness (QED) is 0.751. The molecule has 0 unspecified atom stereocenters. The van der Waals surface area contributed by atoms with E-state index < -0.39 is 0 Å². The van der Waals surface area contributed by atoms with Gasteiger partial charge in [0.1, 0.15) is 0 Å². The van der Waals surface area contributed by atoms with Gasteiger partial charge in [-0.3, -0.25) is 0 Å². The molecule has 2 rings (SSSR count). The summed E-state index contributed by atoms with van der Waals surface area (Å²) in [5, 5.41) is 0. The average molecular weight is 231 g/mol. The first-order valence-corrected chi connectivity index (χ1v) is 5.60. The standard InChI is InChI=1S/C13H17N3O/c1-13(2,14)7-9-5-3-4-6-10(9)11-8-15-12(17)16-11/h3-6,8H,7,14H2,1-2H3,(H2,15,16,17). The molecule has 0 radical (unpaired) electrons. The molecule has 0 atom stereocenters. The molecular weight excluding hydrogens is 214 g/mol. The Bertz CT molecular complexity index is 560. The molecule has 0 spiro atoms. The van der Waals surface area contributed by atoms with Gasteiger partial charge in [0, 0.05) is 17.3 Å². The summed E-state index contributed by atoms with van der Waals surface area (Å²) in [4.78, 5) is 16.5. The van der Waals surface area contributed by atoms with Crippen LogP contribution in [0.1, 0.15) is 19.4 Å². The maximum Gasteiger partial charge on any atom is 0.323 e. The molecule has 1 aromatic heterocycles. The van der Waals surface area contributed by atoms with Crippen LogP contribution in [0.15, 0.2) is 35.3 Å². The summed E-state index contributed by atoms with van der Waals surface area (Å²) >= 11 is 0. The van der Waals surface area contributed by atoms with E-state index in [1.807, 2.05) is 38.1 Å². The number of nitrogens with two attached hydrogens (primary N) is 1. The zero-order chi connectivity index (χ0) is 12.5. The van der Waals surface area contributed by atoms with Crippen LogP contribution in [0.25, 0.3) is 11.3 Å². The minimum absolute atomic E-state index is 0.193. The highest BCUT2D eigenvalue weighted by Gasteiger charge is 2.15. The van der Waals surface area contributed by atoms with Gasteiger partial charge >= 0.3 is 5.69 Å². The van der Waals surface area contributed by atoms with Crippen LogP contribution in [0.3, 0.4) is 0 Å².